The summed E-state index contributed by atoms with van der Waals surface area (Å²) >= 11 is 11.5. The molecule has 1 rings (SSSR count). The van der Waals surface area contributed by atoms with Gasteiger partial charge in [-0.3, -0.25) is 0 Å². The van der Waals surface area contributed by atoms with Crippen LogP contribution in [0.1, 0.15) is 18.9 Å². The fourth-order valence-corrected chi connectivity index (χ4v) is 1.61. The van der Waals surface area contributed by atoms with Gasteiger partial charge in [0.2, 0.25) is 0 Å². The maximum Gasteiger partial charge on any atom is 0.137 e. The van der Waals surface area contributed by atoms with Crippen molar-refractivity contribution in [3.63, 3.8) is 0 Å². The third-order valence-electron chi connectivity index (χ3n) is 1.63. The molecule has 0 aliphatic carbocycles. The predicted octanol–water partition coefficient (Wildman–Crippen LogP) is 3.65. The van der Waals surface area contributed by atoms with Gasteiger partial charge in [-0.05, 0) is 24.1 Å². The lowest BCUT2D eigenvalue weighted by Gasteiger charge is -2.04. The number of benzene rings is 1. The first-order chi connectivity index (χ1) is 5.65. The number of aryl methyl sites for hydroxylation is 1. The van der Waals surface area contributed by atoms with Gasteiger partial charge in [0.25, 0.3) is 0 Å². The summed E-state index contributed by atoms with van der Waals surface area (Å²) in [6, 6.07) is 3.28. The molecule has 0 heterocycles. The molecule has 1 nitrogen and oxygen atoms in total. The second kappa shape index (κ2) is 4.01. The Bertz CT molecular complexity index is 284. The Labute approximate surface area is 81.9 Å². The van der Waals surface area contributed by atoms with Crippen molar-refractivity contribution in [2.24, 2.45) is 0 Å². The normalized spacial score (nSPS) is 10.2. The largest absolute Gasteiger partial charge is 0.506 e. The summed E-state index contributed by atoms with van der Waals surface area (Å²) in [6.45, 7) is 2.04. The van der Waals surface area contributed by atoms with E-state index in [0.717, 1.165) is 18.4 Å². The molecule has 0 saturated heterocycles. The molecule has 0 atom stereocenters. The molecule has 66 valence electrons. The molecule has 0 spiro atoms. The zero-order chi connectivity index (χ0) is 9.14. The lowest BCUT2D eigenvalue weighted by Crippen LogP contribution is -1.85. The van der Waals surface area contributed by atoms with Crippen molar-refractivity contribution in [3.8, 4) is 5.75 Å². The molecule has 0 radical (unpaired) electrons. The molecule has 0 aliphatic heterocycles. The highest BCUT2D eigenvalue weighted by molar-refractivity contribution is 6.35. The molecule has 0 saturated carbocycles. The first-order valence-electron chi connectivity index (χ1n) is 3.82. The molecule has 1 aromatic rings. The van der Waals surface area contributed by atoms with E-state index >= 15 is 0 Å². The average molecular weight is 205 g/mol. The van der Waals surface area contributed by atoms with Gasteiger partial charge in [-0.15, -0.1) is 0 Å². The molecular weight excluding hydrogens is 195 g/mol. The van der Waals surface area contributed by atoms with Gasteiger partial charge in [0, 0.05) is 5.02 Å². The van der Waals surface area contributed by atoms with Crippen LogP contribution in [0.3, 0.4) is 0 Å². The van der Waals surface area contributed by atoms with Gasteiger partial charge in [0.1, 0.15) is 5.75 Å². The van der Waals surface area contributed by atoms with Crippen LogP contribution in [0.25, 0.3) is 0 Å². The molecule has 12 heavy (non-hydrogen) atoms. The van der Waals surface area contributed by atoms with Crippen molar-refractivity contribution >= 4 is 23.2 Å². The van der Waals surface area contributed by atoms with Crippen molar-refractivity contribution in [3.05, 3.63) is 27.7 Å². The molecule has 0 fully saturated rings. The van der Waals surface area contributed by atoms with Gasteiger partial charge in [0.05, 0.1) is 5.02 Å². The van der Waals surface area contributed by atoms with E-state index in [2.05, 4.69) is 0 Å². The third kappa shape index (κ3) is 2.05. The number of aromatic hydroxyl groups is 1. The minimum atomic E-state index is 0.155. The van der Waals surface area contributed by atoms with Crippen LogP contribution in [-0.4, -0.2) is 5.11 Å². The van der Waals surface area contributed by atoms with Gasteiger partial charge < -0.3 is 5.11 Å². The number of rotatable bonds is 2. The molecule has 0 unspecified atom stereocenters. The number of phenols is 1. The summed E-state index contributed by atoms with van der Waals surface area (Å²) in [5, 5.41) is 10.4. The Balaban J connectivity index is 3.09. The molecule has 0 aliphatic rings. The minimum absolute atomic E-state index is 0.155. The van der Waals surface area contributed by atoms with Crippen molar-refractivity contribution in [1.82, 2.24) is 0 Å². The molecule has 1 N–H and O–H groups in total. The van der Waals surface area contributed by atoms with E-state index in [4.69, 9.17) is 23.2 Å². The highest BCUT2D eigenvalue weighted by atomic mass is 35.5. The summed E-state index contributed by atoms with van der Waals surface area (Å²) in [7, 11) is 0. The lowest BCUT2D eigenvalue weighted by molar-refractivity contribution is 0.468. The molecule has 3 heteroatoms. The fourth-order valence-electron chi connectivity index (χ4n) is 1.08. The SMILES string of the molecule is CCCc1cc(Cl)cc(Cl)c1O. The summed E-state index contributed by atoms with van der Waals surface area (Å²) in [6.07, 6.45) is 1.76. The van der Waals surface area contributed by atoms with Crippen molar-refractivity contribution < 1.29 is 5.11 Å². The zero-order valence-corrected chi connectivity index (χ0v) is 8.28. The summed E-state index contributed by atoms with van der Waals surface area (Å²) in [4.78, 5) is 0. The van der Waals surface area contributed by atoms with Gasteiger partial charge in [0.15, 0.2) is 0 Å². The number of halogens is 2. The van der Waals surface area contributed by atoms with Crippen LogP contribution >= 0.6 is 23.2 Å². The average Bonchev–Trinajstić information content (AvgIpc) is 2.00. The minimum Gasteiger partial charge on any atom is -0.506 e. The van der Waals surface area contributed by atoms with Gasteiger partial charge in [-0.2, -0.15) is 0 Å². The van der Waals surface area contributed by atoms with Crippen LogP contribution in [0.2, 0.25) is 10.0 Å². The molecule has 1 aromatic carbocycles. The standard InChI is InChI=1S/C9H10Cl2O/c1-2-3-6-4-7(10)5-8(11)9(6)12/h4-5,12H,2-3H2,1H3. The number of phenolic OH excluding ortho intramolecular Hbond substituents is 1. The first-order valence-corrected chi connectivity index (χ1v) is 4.57. The Morgan fingerprint density at radius 1 is 1.33 bits per heavy atom. The van der Waals surface area contributed by atoms with E-state index in [1.807, 2.05) is 6.92 Å². The first kappa shape index (κ1) is 9.69. The summed E-state index contributed by atoms with van der Waals surface area (Å²) in [5.41, 5.74) is 0.815. The fraction of sp³-hybridized carbons (Fsp3) is 0.333. The second-order valence-corrected chi connectivity index (χ2v) is 3.49. The van der Waals surface area contributed by atoms with Crippen LogP contribution in [0.15, 0.2) is 12.1 Å². The van der Waals surface area contributed by atoms with E-state index in [1.54, 1.807) is 6.07 Å². The van der Waals surface area contributed by atoms with E-state index in [0.29, 0.717) is 10.0 Å². The third-order valence-corrected chi connectivity index (χ3v) is 2.13. The monoisotopic (exact) mass is 204 g/mol. The Hall–Kier alpha value is -0.400. The molecule has 0 bridgehead atoms. The summed E-state index contributed by atoms with van der Waals surface area (Å²) < 4.78 is 0. The van der Waals surface area contributed by atoms with Gasteiger partial charge >= 0.3 is 0 Å². The number of hydrogen-bond donors (Lipinski definition) is 1. The van der Waals surface area contributed by atoms with Crippen LogP contribution in [0, 0.1) is 0 Å². The van der Waals surface area contributed by atoms with Crippen LogP contribution in [-0.2, 0) is 6.42 Å². The van der Waals surface area contributed by atoms with Crippen LogP contribution in [0.4, 0.5) is 0 Å². The molecule has 0 amide bonds. The molecular formula is C9H10Cl2O. The second-order valence-electron chi connectivity index (χ2n) is 2.65. The number of hydrogen-bond acceptors (Lipinski definition) is 1. The maximum atomic E-state index is 9.46. The van der Waals surface area contributed by atoms with E-state index in [1.165, 1.54) is 6.07 Å². The van der Waals surface area contributed by atoms with Gasteiger partial charge in [-0.1, -0.05) is 36.5 Å². The van der Waals surface area contributed by atoms with Crippen molar-refractivity contribution in [2.45, 2.75) is 19.8 Å². The van der Waals surface area contributed by atoms with E-state index < -0.39 is 0 Å². The zero-order valence-electron chi connectivity index (χ0n) is 6.77. The maximum absolute atomic E-state index is 9.46. The van der Waals surface area contributed by atoms with Gasteiger partial charge in [-0.25, -0.2) is 0 Å². The Morgan fingerprint density at radius 2 is 2.00 bits per heavy atom. The molecule has 0 aromatic heterocycles. The van der Waals surface area contributed by atoms with Crippen LogP contribution < -0.4 is 0 Å². The van der Waals surface area contributed by atoms with E-state index in [-0.39, 0.29) is 5.75 Å². The quantitative estimate of drug-likeness (QED) is 0.781. The van der Waals surface area contributed by atoms with E-state index in [9.17, 15) is 5.11 Å². The highest BCUT2D eigenvalue weighted by Gasteiger charge is 2.06. The summed E-state index contributed by atoms with van der Waals surface area (Å²) in [5.74, 6) is 0.155. The smallest absolute Gasteiger partial charge is 0.137 e. The van der Waals surface area contributed by atoms with Crippen molar-refractivity contribution in [2.75, 3.05) is 0 Å². The highest BCUT2D eigenvalue weighted by Crippen LogP contribution is 2.31. The Kier molecular flexibility index (Phi) is 3.24. The topological polar surface area (TPSA) is 20.2 Å². The van der Waals surface area contributed by atoms with Crippen molar-refractivity contribution in [1.29, 1.82) is 0 Å². The lowest BCUT2D eigenvalue weighted by atomic mass is 10.1. The van der Waals surface area contributed by atoms with Crippen LogP contribution in [0.5, 0.6) is 5.75 Å². The Morgan fingerprint density at radius 3 is 2.58 bits per heavy atom. The predicted molar refractivity (Wildman–Crippen MR) is 52.1 cm³/mol.